The van der Waals surface area contributed by atoms with Gasteiger partial charge >= 0.3 is 5.76 Å². The number of rotatable bonds is 8. The lowest BCUT2D eigenvalue weighted by Gasteiger charge is -2.07. The summed E-state index contributed by atoms with van der Waals surface area (Å²) in [6, 6.07) is 10.5. The lowest BCUT2D eigenvalue weighted by atomic mass is 10.2. The Morgan fingerprint density at radius 2 is 1.65 bits per heavy atom. The molecule has 0 bridgehead atoms. The summed E-state index contributed by atoms with van der Waals surface area (Å²) in [4.78, 5) is 12.3. The Bertz CT molecular complexity index is 839. The van der Waals surface area contributed by atoms with Crippen LogP contribution in [0.15, 0.2) is 58.3 Å². The van der Waals surface area contributed by atoms with Gasteiger partial charge in [0.05, 0.1) is 4.90 Å². The molecule has 2 aromatic rings. The molecule has 0 spiro atoms. The van der Waals surface area contributed by atoms with Gasteiger partial charge in [-0.15, -0.1) is 11.8 Å². The molecule has 1 amide bonds. The van der Waals surface area contributed by atoms with Crippen molar-refractivity contribution in [2.24, 2.45) is 0 Å². The van der Waals surface area contributed by atoms with E-state index in [0.29, 0.717) is 13.0 Å². The molecule has 0 fully saturated rings. The SMILES string of the molecule is O=C(NCCCSc1ccc(F)cc1)c1ccc(S(=O)(=O)C(F)F)cc1. The highest BCUT2D eigenvalue weighted by molar-refractivity contribution is 7.99. The number of alkyl halides is 2. The summed E-state index contributed by atoms with van der Waals surface area (Å²) in [6.07, 6.45) is 0.672. The zero-order valence-electron chi connectivity index (χ0n) is 13.5. The average molecular weight is 403 g/mol. The molecule has 0 unspecified atom stereocenters. The van der Waals surface area contributed by atoms with Crippen LogP contribution < -0.4 is 5.32 Å². The normalized spacial score (nSPS) is 11.5. The second kappa shape index (κ2) is 9.09. The molecule has 0 atom stereocenters. The Labute approximate surface area is 153 Å². The largest absolute Gasteiger partial charge is 0.352 e. The second-order valence-electron chi connectivity index (χ2n) is 5.24. The fourth-order valence-electron chi connectivity index (χ4n) is 2.00. The van der Waals surface area contributed by atoms with Gasteiger partial charge in [0.1, 0.15) is 5.82 Å². The quantitative estimate of drug-likeness (QED) is 0.539. The van der Waals surface area contributed by atoms with Gasteiger partial charge < -0.3 is 5.32 Å². The van der Waals surface area contributed by atoms with Crippen molar-refractivity contribution in [2.75, 3.05) is 12.3 Å². The molecule has 0 radical (unpaired) electrons. The van der Waals surface area contributed by atoms with Crippen LogP contribution in [0.1, 0.15) is 16.8 Å². The van der Waals surface area contributed by atoms with Crippen LogP contribution >= 0.6 is 11.8 Å². The first-order valence-electron chi connectivity index (χ1n) is 7.59. The molecule has 0 aromatic heterocycles. The molecule has 140 valence electrons. The Morgan fingerprint density at radius 1 is 1.04 bits per heavy atom. The minimum atomic E-state index is -4.66. The summed E-state index contributed by atoms with van der Waals surface area (Å²) in [5.41, 5.74) is 0.185. The van der Waals surface area contributed by atoms with Gasteiger partial charge in [-0.3, -0.25) is 4.79 Å². The van der Waals surface area contributed by atoms with Crippen LogP contribution in [0.25, 0.3) is 0 Å². The van der Waals surface area contributed by atoms with Crippen LogP contribution in [0.2, 0.25) is 0 Å². The molecule has 0 saturated heterocycles. The number of hydrogen-bond acceptors (Lipinski definition) is 4. The molecule has 2 aromatic carbocycles. The Morgan fingerprint density at radius 3 is 2.23 bits per heavy atom. The summed E-state index contributed by atoms with van der Waals surface area (Å²) in [7, 11) is -4.66. The summed E-state index contributed by atoms with van der Waals surface area (Å²) in [5.74, 6) is -3.50. The van der Waals surface area contributed by atoms with Gasteiger partial charge in [-0.05, 0) is 60.7 Å². The first-order chi connectivity index (χ1) is 12.3. The van der Waals surface area contributed by atoms with E-state index in [1.165, 1.54) is 36.0 Å². The fraction of sp³-hybridized carbons (Fsp3) is 0.235. The van der Waals surface area contributed by atoms with E-state index in [1.54, 1.807) is 12.1 Å². The molecule has 0 heterocycles. The lowest BCUT2D eigenvalue weighted by Crippen LogP contribution is -2.24. The predicted molar refractivity (Wildman–Crippen MR) is 93.7 cm³/mol. The van der Waals surface area contributed by atoms with Gasteiger partial charge in [0.2, 0.25) is 9.84 Å². The van der Waals surface area contributed by atoms with Crippen LogP contribution in [-0.2, 0) is 9.84 Å². The lowest BCUT2D eigenvalue weighted by molar-refractivity contribution is 0.0953. The third-order valence-corrected chi connectivity index (χ3v) is 5.87. The standard InChI is InChI=1S/C17H16F3NO3S2/c18-13-4-6-14(7-5-13)25-11-1-10-21-16(22)12-2-8-15(9-3-12)26(23,24)17(19)20/h2-9,17H,1,10-11H2,(H,21,22). The van der Waals surface area contributed by atoms with E-state index in [4.69, 9.17) is 0 Å². The van der Waals surface area contributed by atoms with Gasteiger partial charge in [-0.1, -0.05) is 0 Å². The topological polar surface area (TPSA) is 63.2 Å². The van der Waals surface area contributed by atoms with Crippen molar-refractivity contribution in [3.63, 3.8) is 0 Å². The zero-order valence-corrected chi connectivity index (χ0v) is 15.1. The minimum absolute atomic E-state index is 0.185. The monoisotopic (exact) mass is 403 g/mol. The van der Waals surface area contributed by atoms with Gasteiger partial charge in [0.25, 0.3) is 5.91 Å². The third kappa shape index (κ3) is 5.50. The molecule has 0 saturated carbocycles. The van der Waals surface area contributed by atoms with Crippen molar-refractivity contribution >= 4 is 27.5 Å². The maximum absolute atomic E-state index is 12.8. The number of amides is 1. The average Bonchev–Trinajstić information content (AvgIpc) is 2.62. The van der Waals surface area contributed by atoms with Crippen molar-refractivity contribution in [1.82, 2.24) is 5.32 Å². The minimum Gasteiger partial charge on any atom is -0.352 e. The predicted octanol–water partition coefficient (Wildman–Crippen LogP) is 3.73. The maximum Gasteiger partial charge on any atom is 0.341 e. The smallest absolute Gasteiger partial charge is 0.341 e. The zero-order chi connectivity index (χ0) is 19.2. The molecule has 0 aliphatic carbocycles. The Kier molecular flexibility index (Phi) is 7.10. The van der Waals surface area contributed by atoms with Gasteiger partial charge in [0.15, 0.2) is 0 Å². The molecule has 26 heavy (non-hydrogen) atoms. The number of hydrogen-bond donors (Lipinski definition) is 1. The summed E-state index contributed by atoms with van der Waals surface area (Å²) in [6.45, 7) is 0.393. The van der Waals surface area contributed by atoms with E-state index >= 15 is 0 Å². The van der Waals surface area contributed by atoms with E-state index in [9.17, 15) is 26.4 Å². The second-order valence-corrected chi connectivity index (χ2v) is 8.33. The molecule has 9 heteroatoms. The number of carbonyl (C=O) groups excluding carboxylic acids is 1. The van der Waals surface area contributed by atoms with Gasteiger partial charge in [-0.2, -0.15) is 8.78 Å². The molecule has 0 aliphatic heterocycles. The van der Waals surface area contributed by atoms with E-state index < -0.39 is 26.4 Å². The molecular weight excluding hydrogens is 387 g/mol. The van der Waals surface area contributed by atoms with Crippen LogP contribution in [0.3, 0.4) is 0 Å². The first-order valence-corrected chi connectivity index (χ1v) is 10.1. The van der Waals surface area contributed by atoms with Crippen LogP contribution in [0, 0.1) is 5.82 Å². The molecule has 0 aliphatic rings. The maximum atomic E-state index is 12.8. The van der Waals surface area contributed by atoms with Crippen molar-refractivity contribution < 1.29 is 26.4 Å². The van der Waals surface area contributed by atoms with Crippen LogP contribution in [-0.4, -0.2) is 32.4 Å². The highest BCUT2D eigenvalue weighted by atomic mass is 32.2. The van der Waals surface area contributed by atoms with Crippen molar-refractivity contribution in [3.8, 4) is 0 Å². The van der Waals surface area contributed by atoms with Crippen LogP contribution in [0.5, 0.6) is 0 Å². The molecule has 1 N–H and O–H groups in total. The number of benzene rings is 2. The fourth-order valence-corrected chi connectivity index (χ4v) is 3.57. The molecule has 2 rings (SSSR count). The van der Waals surface area contributed by atoms with Gasteiger partial charge in [0, 0.05) is 17.0 Å². The highest BCUT2D eigenvalue weighted by Crippen LogP contribution is 2.19. The number of thioether (sulfide) groups is 1. The summed E-state index contributed by atoms with van der Waals surface area (Å²) >= 11 is 1.53. The number of nitrogens with one attached hydrogen (secondary N) is 1. The molecule has 4 nitrogen and oxygen atoms in total. The number of halogens is 3. The van der Waals surface area contributed by atoms with E-state index in [2.05, 4.69) is 5.32 Å². The highest BCUT2D eigenvalue weighted by Gasteiger charge is 2.26. The van der Waals surface area contributed by atoms with E-state index in [0.717, 1.165) is 22.8 Å². The first kappa shape index (κ1) is 20.3. The van der Waals surface area contributed by atoms with E-state index in [1.807, 2.05) is 0 Å². The molecular formula is C17H16F3NO3S2. The third-order valence-electron chi connectivity index (χ3n) is 3.37. The van der Waals surface area contributed by atoms with Gasteiger partial charge in [-0.25, -0.2) is 12.8 Å². The Hall–Kier alpha value is -2.00. The summed E-state index contributed by atoms with van der Waals surface area (Å²) in [5, 5.41) is 2.67. The Balaban J connectivity index is 1.78. The number of sulfone groups is 1. The van der Waals surface area contributed by atoms with Crippen LogP contribution in [0.4, 0.5) is 13.2 Å². The van der Waals surface area contributed by atoms with Crippen molar-refractivity contribution in [3.05, 3.63) is 59.9 Å². The van der Waals surface area contributed by atoms with E-state index in [-0.39, 0.29) is 11.4 Å². The van der Waals surface area contributed by atoms with Crippen molar-refractivity contribution in [1.29, 1.82) is 0 Å². The van der Waals surface area contributed by atoms with Crippen molar-refractivity contribution in [2.45, 2.75) is 22.0 Å². The summed E-state index contributed by atoms with van der Waals surface area (Å²) < 4.78 is 60.3. The number of carbonyl (C=O) groups is 1.